The predicted octanol–water partition coefficient (Wildman–Crippen LogP) is 2.36. The largest absolute Gasteiger partial charge is 0.350 e. The first-order valence-electron chi connectivity index (χ1n) is 6.86. The number of nitrogens with zero attached hydrogens (tertiary/aromatic N) is 1. The molecule has 1 N–H and O–H groups in total. The van der Waals surface area contributed by atoms with Crippen molar-refractivity contribution in [2.75, 3.05) is 7.05 Å². The number of nitrogens with one attached hydrogen (secondary N) is 1. The maximum absolute atomic E-state index is 12.2. The van der Waals surface area contributed by atoms with Gasteiger partial charge in [0.05, 0.1) is 0 Å². The van der Waals surface area contributed by atoms with E-state index in [1.165, 1.54) is 0 Å². The van der Waals surface area contributed by atoms with Crippen LogP contribution in [0.15, 0.2) is 24.3 Å². The molecule has 20 heavy (non-hydrogen) atoms. The average molecular weight is 295 g/mol. The molecule has 1 fully saturated rings. The van der Waals surface area contributed by atoms with Crippen LogP contribution in [0.4, 0.5) is 0 Å². The Bertz CT molecular complexity index is 487. The van der Waals surface area contributed by atoms with Gasteiger partial charge in [0.2, 0.25) is 11.8 Å². The van der Waals surface area contributed by atoms with Crippen LogP contribution in [0.2, 0.25) is 5.02 Å². The molecule has 1 saturated heterocycles. The molecule has 0 radical (unpaired) electrons. The number of carbonyl (C=O) groups excluding carboxylic acids is 2. The van der Waals surface area contributed by atoms with Crippen molar-refractivity contribution in [3.63, 3.8) is 0 Å². The van der Waals surface area contributed by atoms with E-state index in [2.05, 4.69) is 5.32 Å². The summed E-state index contributed by atoms with van der Waals surface area (Å²) in [5.41, 5.74) is 0.991. The van der Waals surface area contributed by atoms with Gasteiger partial charge < -0.3 is 10.2 Å². The lowest BCUT2D eigenvalue weighted by atomic mass is 10.1. The zero-order chi connectivity index (χ0) is 14.5. The van der Waals surface area contributed by atoms with Crippen molar-refractivity contribution in [3.05, 3.63) is 34.9 Å². The van der Waals surface area contributed by atoms with E-state index in [0.29, 0.717) is 18.0 Å². The number of benzene rings is 1. The van der Waals surface area contributed by atoms with Gasteiger partial charge in [0.1, 0.15) is 6.04 Å². The molecule has 5 heteroatoms. The summed E-state index contributed by atoms with van der Waals surface area (Å²) >= 11 is 5.82. The fourth-order valence-electron chi connectivity index (χ4n) is 2.37. The summed E-state index contributed by atoms with van der Waals surface area (Å²) in [6.07, 6.45) is 3.05. The summed E-state index contributed by atoms with van der Waals surface area (Å²) in [5, 5.41) is 3.57. The highest BCUT2D eigenvalue weighted by Crippen LogP contribution is 2.16. The molecule has 1 atom stereocenters. The van der Waals surface area contributed by atoms with Gasteiger partial charge in [-0.15, -0.1) is 0 Å². The molecule has 0 spiro atoms. The first-order valence-corrected chi connectivity index (χ1v) is 7.23. The van der Waals surface area contributed by atoms with Crippen molar-refractivity contribution in [1.82, 2.24) is 10.2 Å². The highest BCUT2D eigenvalue weighted by atomic mass is 35.5. The lowest BCUT2D eigenvalue weighted by Crippen LogP contribution is -2.46. The minimum Gasteiger partial charge on any atom is -0.350 e. The van der Waals surface area contributed by atoms with Crippen LogP contribution in [0.3, 0.4) is 0 Å². The topological polar surface area (TPSA) is 49.4 Å². The highest BCUT2D eigenvalue weighted by molar-refractivity contribution is 6.30. The molecule has 0 aromatic heterocycles. The van der Waals surface area contributed by atoms with Crippen LogP contribution in [0, 0.1) is 0 Å². The minimum absolute atomic E-state index is 0.0501. The smallest absolute Gasteiger partial charge is 0.243 e. The second-order valence-electron chi connectivity index (χ2n) is 5.11. The van der Waals surface area contributed by atoms with Crippen LogP contribution in [0.1, 0.15) is 31.2 Å². The molecule has 2 rings (SSSR count). The molecule has 1 heterocycles. The van der Waals surface area contributed by atoms with E-state index in [0.717, 1.165) is 24.8 Å². The SMILES string of the molecule is CN1C(=O)CCCCC1C(=O)NCc1ccc(Cl)cc1. The fourth-order valence-corrected chi connectivity index (χ4v) is 2.50. The molecule has 0 aliphatic carbocycles. The number of likely N-dealkylation sites (N-methyl/N-ethyl adjacent to an activating group) is 1. The second-order valence-corrected chi connectivity index (χ2v) is 5.55. The molecule has 1 aromatic rings. The Hall–Kier alpha value is -1.55. The number of halogens is 1. The number of carbonyl (C=O) groups is 2. The third kappa shape index (κ3) is 3.73. The van der Waals surface area contributed by atoms with Gasteiger partial charge in [-0.25, -0.2) is 0 Å². The molecule has 0 saturated carbocycles. The van der Waals surface area contributed by atoms with Crippen molar-refractivity contribution in [2.24, 2.45) is 0 Å². The van der Waals surface area contributed by atoms with Gasteiger partial charge in [0.15, 0.2) is 0 Å². The van der Waals surface area contributed by atoms with E-state index in [1.54, 1.807) is 24.1 Å². The van der Waals surface area contributed by atoms with E-state index in [1.807, 2.05) is 12.1 Å². The van der Waals surface area contributed by atoms with Gasteiger partial charge in [0.25, 0.3) is 0 Å². The Morgan fingerprint density at radius 2 is 2.05 bits per heavy atom. The van der Waals surface area contributed by atoms with Crippen molar-refractivity contribution in [1.29, 1.82) is 0 Å². The van der Waals surface area contributed by atoms with E-state index < -0.39 is 0 Å². The van der Waals surface area contributed by atoms with E-state index in [4.69, 9.17) is 11.6 Å². The monoisotopic (exact) mass is 294 g/mol. The molecule has 4 nitrogen and oxygen atoms in total. The lowest BCUT2D eigenvalue weighted by molar-refractivity contribution is -0.138. The molecular weight excluding hydrogens is 276 g/mol. The molecule has 1 unspecified atom stereocenters. The van der Waals surface area contributed by atoms with Crippen LogP contribution in [0.5, 0.6) is 0 Å². The van der Waals surface area contributed by atoms with Gasteiger partial charge in [-0.1, -0.05) is 30.2 Å². The summed E-state index contributed by atoms with van der Waals surface area (Å²) in [7, 11) is 1.71. The summed E-state index contributed by atoms with van der Waals surface area (Å²) in [5.74, 6) is -0.0353. The zero-order valence-electron chi connectivity index (χ0n) is 11.6. The maximum Gasteiger partial charge on any atom is 0.243 e. The van der Waals surface area contributed by atoms with Gasteiger partial charge in [-0.2, -0.15) is 0 Å². The van der Waals surface area contributed by atoms with Crippen LogP contribution >= 0.6 is 11.6 Å². The van der Waals surface area contributed by atoms with Crippen molar-refractivity contribution in [3.8, 4) is 0 Å². The molecule has 108 valence electrons. The van der Waals surface area contributed by atoms with Crippen LogP contribution in [-0.4, -0.2) is 29.8 Å². The average Bonchev–Trinajstić information content (AvgIpc) is 2.61. The van der Waals surface area contributed by atoms with Crippen LogP contribution in [-0.2, 0) is 16.1 Å². The highest BCUT2D eigenvalue weighted by Gasteiger charge is 2.28. The third-order valence-electron chi connectivity index (χ3n) is 3.66. The van der Waals surface area contributed by atoms with Crippen molar-refractivity contribution >= 4 is 23.4 Å². The Balaban J connectivity index is 1.93. The Labute approximate surface area is 124 Å². The first-order chi connectivity index (χ1) is 9.58. The quantitative estimate of drug-likeness (QED) is 0.930. The minimum atomic E-state index is -0.350. The Morgan fingerprint density at radius 1 is 1.35 bits per heavy atom. The maximum atomic E-state index is 12.2. The first kappa shape index (κ1) is 14.9. The Kier molecular flexibility index (Phi) is 5.01. The molecular formula is C15H19ClN2O2. The molecule has 1 aliphatic heterocycles. The van der Waals surface area contributed by atoms with Crippen LogP contribution in [0.25, 0.3) is 0 Å². The van der Waals surface area contributed by atoms with Gasteiger partial charge in [-0.3, -0.25) is 9.59 Å². The van der Waals surface area contributed by atoms with Crippen LogP contribution < -0.4 is 5.32 Å². The normalized spacial score (nSPS) is 19.6. The van der Waals surface area contributed by atoms with Gasteiger partial charge in [0, 0.05) is 25.0 Å². The van der Waals surface area contributed by atoms with Crippen molar-refractivity contribution in [2.45, 2.75) is 38.3 Å². The Morgan fingerprint density at radius 3 is 2.75 bits per heavy atom. The zero-order valence-corrected chi connectivity index (χ0v) is 12.3. The van der Waals surface area contributed by atoms with Gasteiger partial charge >= 0.3 is 0 Å². The van der Waals surface area contributed by atoms with E-state index in [-0.39, 0.29) is 17.9 Å². The predicted molar refractivity (Wildman–Crippen MR) is 78.3 cm³/mol. The lowest BCUT2D eigenvalue weighted by Gasteiger charge is -2.25. The molecule has 2 amide bonds. The van der Waals surface area contributed by atoms with E-state index >= 15 is 0 Å². The third-order valence-corrected chi connectivity index (χ3v) is 3.91. The number of amides is 2. The summed E-state index contributed by atoms with van der Waals surface area (Å²) in [4.78, 5) is 25.6. The number of hydrogen-bond donors (Lipinski definition) is 1. The number of likely N-dealkylation sites (tertiary alicyclic amines) is 1. The summed E-state index contributed by atoms with van der Waals surface area (Å²) in [6, 6.07) is 7.00. The molecule has 1 aromatic carbocycles. The molecule has 0 bridgehead atoms. The number of rotatable bonds is 3. The van der Waals surface area contributed by atoms with Gasteiger partial charge in [-0.05, 0) is 30.5 Å². The summed E-state index contributed by atoms with van der Waals surface area (Å²) in [6.45, 7) is 0.453. The summed E-state index contributed by atoms with van der Waals surface area (Å²) < 4.78 is 0. The second kappa shape index (κ2) is 6.75. The number of hydrogen-bond acceptors (Lipinski definition) is 2. The molecule has 1 aliphatic rings. The fraction of sp³-hybridized carbons (Fsp3) is 0.467. The van der Waals surface area contributed by atoms with E-state index in [9.17, 15) is 9.59 Å². The van der Waals surface area contributed by atoms with Crippen molar-refractivity contribution < 1.29 is 9.59 Å². The standard InChI is InChI=1S/C15H19ClN2O2/c1-18-13(4-2-3-5-14(18)19)15(20)17-10-11-6-8-12(16)9-7-11/h6-9,13H,2-5,10H2,1H3,(H,17,20).